The third-order valence-corrected chi connectivity index (χ3v) is 5.65. The minimum absolute atomic E-state index is 0.0219. The van der Waals surface area contributed by atoms with Crippen molar-refractivity contribution < 1.29 is 14.4 Å². The Morgan fingerprint density at radius 1 is 1.46 bits per heavy atom. The third-order valence-electron chi connectivity index (χ3n) is 4.62. The number of carbonyl (C=O) groups excluding carboxylic acids is 3. The van der Waals surface area contributed by atoms with Crippen LogP contribution in [0.3, 0.4) is 0 Å². The van der Waals surface area contributed by atoms with Crippen molar-refractivity contribution in [2.45, 2.75) is 57.7 Å². The Kier molecular flexibility index (Phi) is 5.18. The molecule has 3 heterocycles. The molecule has 2 atom stereocenters. The molecule has 6 nitrogen and oxygen atoms in total. The van der Waals surface area contributed by atoms with Crippen LogP contribution in [0.25, 0.3) is 0 Å². The van der Waals surface area contributed by atoms with Gasteiger partial charge in [0.05, 0.1) is 0 Å². The van der Waals surface area contributed by atoms with Gasteiger partial charge in [-0.25, -0.2) is 0 Å². The molecule has 130 valence electrons. The monoisotopic (exact) mass is 349 g/mol. The van der Waals surface area contributed by atoms with Crippen LogP contribution >= 0.6 is 11.3 Å². The van der Waals surface area contributed by atoms with Crippen LogP contribution in [0.2, 0.25) is 0 Å². The molecule has 0 bridgehead atoms. The van der Waals surface area contributed by atoms with E-state index < -0.39 is 12.1 Å². The van der Waals surface area contributed by atoms with Gasteiger partial charge in [-0.1, -0.05) is 13.3 Å². The van der Waals surface area contributed by atoms with Crippen LogP contribution in [0.15, 0.2) is 11.4 Å². The highest BCUT2D eigenvalue weighted by molar-refractivity contribution is 7.10. The van der Waals surface area contributed by atoms with Crippen LogP contribution in [-0.4, -0.2) is 41.2 Å². The van der Waals surface area contributed by atoms with E-state index in [0.717, 1.165) is 12.8 Å². The van der Waals surface area contributed by atoms with Gasteiger partial charge in [-0.15, -0.1) is 11.3 Å². The van der Waals surface area contributed by atoms with Crippen molar-refractivity contribution in [3.8, 4) is 0 Å². The Morgan fingerprint density at radius 3 is 3.00 bits per heavy atom. The Morgan fingerprint density at radius 2 is 2.29 bits per heavy atom. The van der Waals surface area contributed by atoms with Gasteiger partial charge in [-0.3, -0.25) is 14.4 Å². The van der Waals surface area contributed by atoms with Crippen LogP contribution in [-0.2, 0) is 27.3 Å². The van der Waals surface area contributed by atoms with Crippen LogP contribution in [0.4, 0.5) is 0 Å². The summed E-state index contributed by atoms with van der Waals surface area (Å²) in [4.78, 5) is 39.7. The average molecular weight is 349 g/mol. The number of hydrogen-bond acceptors (Lipinski definition) is 4. The number of nitrogens with zero attached hydrogens (tertiary/aromatic N) is 1. The van der Waals surface area contributed by atoms with Crippen molar-refractivity contribution in [2.75, 3.05) is 6.54 Å². The molecule has 1 saturated heterocycles. The van der Waals surface area contributed by atoms with E-state index >= 15 is 0 Å². The fourth-order valence-electron chi connectivity index (χ4n) is 3.29. The number of fused-ring (bicyclic) bond motifs is 1. The number of carbonyl (C=O) groups is 3. The molecule has 0 saturated carbocycles. The van der Waals surface area contributed by atoms with Crippen molar-refractivity contribution in [1.82, 2.24) is 15.5 Å². The lowest BCUT2D eigenvalue weighted by atomic mass is 10.1. The summed E-state index contributed by atoms with van der Waals surface area (Å²) in [6.07, 6.45) is 3.17. The fraction of sp³-hybridized carbons (Fsp3) is 0.588. The first-order valence-electron chi connectivity index (χ1n) is 8.52. The second kappa shape index (κ2) is 7.34. The molecule has 7 heteroatoms. The van der Waals surface area contributed by atoms with Gasteiger partial charge in [0, 0.05) is 24.4 Å². The first-order chi connectivity index (χ1) is 11.6. The van der Waals surface area contributed by atoms with Crippen LogP contribution in [0.1, 0.15) is 43.0 Å². The van der Waals surface area contributed by atoms with Crippen LogP contribution < -0.4 is 10.6 Å². The lowest BCUT2D eigenvalue weighted by molar-refractivity contribution is -0.137. The second-order valence-corrected chi connectivity index (χ2v) is 7.39. The topological polar surface area (TPSA) is 78.5 Å². The van der Waals surface area contributed by atoms with Gasteiger partial charge >= 0.3 is 0 Å². The quantitative estimate of drug-likeness (QED) is 0.838. The molecule has 0 radical (unpaired) electrons. The van der Waals surface area contributed by atoms with E-state index in [1.165, 1.54) is 10.4 Å². The van der Waals surface area contributed by atoms with Crippen LogP contribution in [0.5, 0.6) is 0 Å². The molecule has 1 aromatic rings. The van der Waals surface area contributed by atoms with E-state index in [4.69, 9.17) is 0 Å². The van der Waals surface area contributed by atoms with Gasteiger partial charge in [-0.05, 0) is 36.3 Å². The number of amides is 3. The summed E-state index contributed by atoms with van der Waals surface area (Å²) < 4.78 is 0. The first kappa shape index (κ1) is 17.0. The molecule has 2 aliphatic heterocycles. The van der Waals surface area contributed by atoms with Gasteiger partial charge in [0.2, 0.25) is 17.7 Å². The summed E-state index contributed by atoms with van der Waals surface area (Å²) in [7, 11) is 0. The van der Waals surface area contributed by atoms with Gasteiger partial charge in [0.15, 0.2) is 0 Å². The Labute approximate surface area is 145 Å². The molecule has 0 spiro atoms. The normalized spacial score (nSPS) is 21.1. The Bertz CT molecular complexity index is 643. The number of nitrogens with one attached hydrogen (secondary N) is 2. The van der Waals surface area contributed by atoms with Gasteiger partial charge in [0.25, 0.3) is 0 Å². The second-order valence-electron chi connectivity index (χ2n) is 6.39. The highest BCUT2D eigenvalue weighted by atomic mass is 32.1. The van der Waals surface area contributed by atoms with Gasteiger partial charge in [0.1, 0.15) is 12.1 Å². The lowest BCUT2D eigenvalue weighted by Gasteiger charge is -2.31. The van der Waals surface area contributed by atoms with E-state index in [0.29, 0.717) is 32.4 Å². The molecule has 2 aliphatic rings. The molecular formula is C17H23N3O3S. The highest BCUT2D eigenvalue weighted by Crippen LogP contribution is 2.24. The molecule has 0 aliphatic carbocycles. The third kappa shape index (κ3) is 3.61. The smallest absolute Gasteiger partial charge is 0.245 e. The maximum absolute atomic E-state index is 12.9. The predicted octanol–water partition coefficient (Wildman–Crippen LogP) is 1.20. The summed E-state index contributed by atoms with van der Waals surface area (Å²) >= 11 is 1.74. The van der Waals surface area contributed by atoms with E-state index in [2.05, 4.69) is 22.1 Å². The Balaban J connectivity index is 1.63. The van der Waals surface area contributed by atoms with E-state index in [9.17, 15) is 14.4 Å². The lowest BCUT2D eigenvalue weighted by Crippen LogP contribution is -2.53. The molecule has 2 unspecified atom stereocenters. The minimum atomic E-state index is -0.514. The molecule has 3 rings (SSSR count). The number of thiophene rings is 1. The summed E-state index contributed by atoms with van der Waals surface area (Å²) in [5.74, 6) is -0.373. The standard InChI is InChI=1S/C17H23N3O3S/c1-2-3-13(19-16(22)12-4-5-15(21)18-12)17(23)20-8-6-14-11(10-20)7-9-24-14/h7,9,12-13H,2-6,8,10H2,1H3,(H,18,21)(H,19,22). The molecule has 24 heavy (non-hydrogen) atoms. The average Bonchev–Trinajstić information content (AvgIpc) is 3.21. The SMILES string of the molecule is CCCC(NC(=O)C1CCC(=O)N1)C(=O)N1CCc2sccc2C1. The molecule has 1 aromatic heterocycles. The summed E-state index contributed by atoms with van der Waals surface area (Å²) in [5.41, 5.74) is 1.21. The predicted molar refractivity (Wildman–Crippen MR) is 91.4 cm³/mol. The highest BCUT2D eigenvalue weighted by Gasteiger charge is 2.32. The van der Waals surface area contributed by atoms with Gasteiger partial charge < -0.3 is 15.5 Å². The molecule has 2 N–H and O–H groups in total. The van der Waals surface area contributed by atoms with E-state index in [1.54, 1.807) is 11.3 Å². The zero-order valence-electron chi connectivity index (χ0n) is 13.8. The first-order valence-corrected chi connectivity index (χ1v) is 9.40. The number of hydrogen-bond donors (Lipinski definition) is 2. The molecular weight excluding hydrogens is 326 g/mol. The van der Waals surface area contributed by atoms with Crippen molar-refractivity contribution in [1.29, 1.82) is 0 Å². The fourth-order valence-corrected chi connectivity index (χ4v) is 4.18. The van der Waals surface area contributed by atoms with Crippen LogP contribution in [0, 0.1) is 0 Å². The number of rotatable bonds is 5. The zero-order valence-corrected chi connectivity index (χ0v) is 14.7. The maximum atomic E-state index is 12.9. The van der Waals surface area contributed by atoms with Crippen molar-refractivity contribution >= 4 is 29.1 Å². The minimum Gasteiger partial charge on any atom is -0.344 e. The summed E-state index contributed by atoms with van der Waals surface area (Å²) in [5, 5.41) is 7.57. The Hall–Kier alpha value is -1.89. The van der Waals surface area contributed by atoms with Crippen molar-refractivity contribution in [3.05, 3.63) is 21.9 Å². The molecule has 1 fully saturated rings. The van der Waals surface area contributed by atoms with Crippen molar-refractivity contribution in [2.24, 2.45) is 0 Å². The van der Waals surface area contributed by atoms with E-state index in [1.807, 2.05) is 11.8 Å². The van der Waals surface area contributed by atoms with E-state index in [-0.39, 0.29) is 17.7 Å². The van der Waals surface area contributed by atoms with Crippen molar-refractivity contribution in [3.63, 3.8) is 0 Å². The largest absolute Gasteiger partial charge is 0.344 e. The summed E-state index contributed by atoms with van der Waals surface area (Å²) in [6.45, 7) is 3.31. The van der Waals surface area contributed by atoms with Gasteiger partial charge in [-0.2, -0.15) is 0 Å². The molecule has 3 amide bonds. The molecule has 0 aromatic carbocycles. The maximum Gasteiger partial charge on any atom is 0.245 e. The zero-order chi connectivity index (χ0) is 17.1. The summed E-state index contributed by atoms with van der Waals surface area (Å²) in [6, 6.07) is 1.05.